The molecular weight excluding hydrogens is 276 g/mol. The van der Waals surface area contributed by atoms with Gasteiger partial charge in [0.1, 0.15) is 23.1 Å². The Balaban J connectivity index is 2.57. The molecule has 0 aromatic heterocycles. The lowest BCUT2D eigenvalue weighted by molar-refractivity contribution is 0.397. The Kier molecular flexibility index (Phi) is 4.75. The molecule has 21 heavy (non-hydrogen) atoms. The second-order valence-corrected chi connectivity index (χ2v) is 4.47. The number of methoxy groups -OCH3 is 2. The molecule has 0 saturated heterocycles. The molecule has 0 heterocycles. The number of hydrogen-bond donors (Lipinski definition) is 1. The van der Waals surface area contributed by atoms with Crippen LogP contribution in [0.3, 0.4) is 0 Å². The predicted molar refractivity (Wildman–Crippen MR) is 76.8 cm³/mol. The lowest BCUT2D eigenvalue weighted by Crippen LogP contribution is -2.21. The predicted octanol–water partition coefficient (Wildman–Crippen LogP) is 3.29. The Bertz CT molecular complexity index is 608. The van der Waals surface area contributed by atoms with Crippen molar-refractivity contribution < 1.29 is 18.3 Å². The van der Waals surface area contributed by atoms with Crippen LogP contribution in [0.1, 0.15) is 17.2 Å². The van der Waals surface area contributed by atoms with Crippen LogP contribution in [-0.2, 0) is 0 Å². The molecule has 0 spiro atoms. The standard InChI is InChI=1S/C16H17F2NO2/c1-19-16(11-6-4-5-7-14(11)21-3)15-12(17)8-10(20-2)9-13(15)18/h4-9,16,19H,1-3H3. The van der Waals surface area contributed by atoms with Crippen LogP contribution in [0.15, 0.2) is 36.4 Å². The summed E-state index contributed by atoms with van der Waals surface area (Å²) in [5.74, 6) is -0.635. The molecule has 0 aliphatic rings. The van der Waals surface area contributed by atoms with Crippen LogP contribution in [0.4, 0.5) is 8.78 Å². The molecule has 0 aliphatic heterocycles. The van der Waals surface area contributed by atoms with E-state index in [1.54, 1.807) is 31.3 Å². The van der Waals surface area contributed by atoms with Gasteiger partial charge in [0.2, 0.25) is 0 Å². The number of benzene rings is 2. The van der Waals surface area contributed by atoms with Crippen molar-refractivity contribution in [2.75, 3.05) is 21.3 Å². The minimum absolute atomic E-state index is 0.0669. The van der Waals surface area contributed by atoms with Crippen molar-refractivity contribution in [2.24, 2.45) is 0 Å². The van der Waals surface area contributed by atoms with E-state index in [2.05, 4.69) is 5.32 Å². The van der Waals surface area contributed by atoms with Crippen LogP contribution in [0.2, 0.25) is 0 Å². The summed E-state index contributed by atoms with van der Waals surface area (Å²) in [6.07, 6.45) is 0. The van der Waals surface area contributed by atoms with E-state index in [1.807, 2.05) is 0 Å². The lowest BCUT2D eigenvalue weighted by Gasteiger charge is -2.21. The van der Waals surface area contributed by atoms with Crippen LogP contribution in [0.25, 0.3) is 0 Å². The van der Waals surface area contributed by atoms with Gasteiger partial charge in [-0.15, -0.1) is 0 Å². The fourth-order valence-electron chi connectivity index (χ4n) is 2.31. The van der Waals surface area contributed by atoms with Crippen molar-refractivity contribution in [3.8, 4) is 11.5 Å². The number of nitrogens with one attached hydrogen (secondary N) is 1. The number of rotatable bonds is 5. The Hall–Kier alpha value is -2.14. The van der Waals surface area contributed by atoms with Crippen molar-refractivity contribution in [2.45, 2.75) is 6.04 Å². The van der Waals surface area contributed by atoms with E-state index in [-0.39, 0.29) is 11.3 Å². The van der Waals surface area contributed by atoms with E-state index in [0.717, 1.165) is 12.1 Å². The molecule has 0 fully saturated rings. The molecule has 0 bridgehead atoms. The molecule has 1 N–H and O–H groups in total. The zero-order chi connectivity index (χ0) is 15.4. The summed E-state index contributed by atoms with van der Waals surface area (Å²) in [5, 5.41) is 2.93. The van der Waals surface area contributed by atoms with Crippen LogP contribution in [0.5, 0.6) is 11.5 Å². The monoisotopic (exact) mass is 293 g/mol. The lowest BCUT2D eigenvalue weighted by atomic mass is 9.96. The first-order valence-electron chi connectivity index (χ1n) is 6.45. The van der Waals surface area contributed by atoms with Gasteiger partial charge in [-0.3, -0.25) is 0 Å². The van der Waals surface area contributed by atoms with E-state index in [4.69, 9.17) is 9.47 Å². The third-order valence-electron chi connectivity index (χ3n) is 3.32. The van der Waals surface area contributed by atoms with Gasteiger partial charge in [0.05, 0.1) is 20.3 Å². The number of hydrogen-bond acceptors (Lipinski definition) is 3. The molecule has 2 aromatic carbocycles. The maximum Gasteiger partial charge on any atom is 0.134 e. The van der Waals surface area contributed by atoms with Crippen LogP contribution >= 0.6 is 0 Å². The smallest absolute Gasteiger partial charge is 0.134 e. The molecule has 0 saturated carbocycles. The van der Waals surface area contributed by atoms with E-state index < -0.39 is 17.7 Å². The van der Waals surface area contributed by atoms with Crippen molar-refractivity contribution in [1.82, 2.24) is 5.32 Å². The first-order chi connectivity index (χ1) is 10.1. The van der Waals surface area contributed by atoms with Gasteiger partial charge in [-0.2, -0.15) is 0 Å². The van der Waals surface area contributed by atoms with Crippen molar-refractivity contribution >= 4 is 0 Å². The Morgan fingerprint density at radius 2 is 1.62 bits per heavy atom. The second-order valence-electron chi connectivity index (χ2n) is 4.47. The molecule has 2 rings (SSSR count). The molecule has 1 atom stereocenters. The van der Waals surface area contributed by atoms with Crippen molar-refractivity contribution in [1.29, 1.82) is 0 Å². The van der Waals surface area contributed by atoms with Gasteiger partial charge in [0, 0.05) is 23.3 Å². The summed E-state index contributed by atoms with van der Waals surface area (Å²) < 4.78 is 38.6. The Morgan fingerprint density at radius 1 is 1.00 bits per heavy atom. The average molecular weight is 293 g/mol. The van der Waals surface area contributed by atoms with Gasteiger partial charge in [0.15, 0.2) is 0 Å². The van der Waals surface area contributed by atoms with E-state index >= 15 is 0 Å². The highest BCUT2D eigenvalue weighted by Gasteiger charge is 2.24. The fraction of sp³-hybridized carbons (Fsp3) is 0.250. The maximum atomic E-state index is 14.3. The van der Waals surface area contributed by atoms with Gasteiger partial charge in [0.25, 0.3) is 0 Å². The molecule has 1 unspecified atom stereocenters. The van der Waals surface area contributed by atoms with Crippen LogP contribution in [0, 0.1) is 11.6 Å². The highest BCUT2D eigenvalue weighted by Crippen LogP contribution is 2.34. The first kappa shape index (κ1) is 15.3. The highest BCUT2D eigenvalue weighted by atomic mass is 19.1. The third kappa shape index (κ3) is 2.97. The van der Waals surface area contributed by atoms with E-state index in [0.29, 0.717) is 11.3 Å². The third-order valence-corrected chi connectivity index (χ3v) is 3.32. The minimum atomic E-state index is -0.669. The molecular formula is C16H17F2NO2. The minimum Gasteiger partial charge on any atom is -0.497 e. The Morgan fingerprint density at radius 3 is 2.14 bits per heavy atom. The maximum absolute atomic E-state index is 14.3. The summed E-state index contributed by atoms with van der Waals surface area (Å²) in [6, 6.07) is 8.78. The topological polar surface area (TPSA) is 30.5 Å². The fourth-order valence-corrected chi connectivity index (χ4v) is 2.31. The summed E-state index contributed by atoms with van der Waals surface area (Å²) in [4.78, 5) is 0. The van der Waals surface area contributed by atoms with E-state index in [1.165, 1.54) is 14.2 Å². The molecule has 0 radical (unpaired) electrons. The molecule has 3 nitrogen and oxygen atoms in total. The van der Waals surface area contributed by atoms with Gasteiger partial charge < -0.3 is 14.8 Å². The zero-order valence-electron chi connectivity index (χ0n) is 12.1. The van der Waals surface area contributed by atoms with Gasteiger partial charge in [-0.1, -0.05) is 18.2 Å². The van der Waals surface area contributed by atoms with Crippen molar-refractivity contribution in [3.63, 3.8) is 0 Å². The number of halogens is 2. The SMILES string of the molecule is CNC(c1ccccc1OC)c1c(F)cc(OC)cc1F. The average Bonchev–Trinajstić information content (AvgIpc) is 2.50. The van der Waals surface area contributed by atoms with Gasteiger partial charge in [-0.25, -0.2) is 8.78 Å². The van der Waals surface area contributed by atoms with Gasteiger partial charge >= 0.3 is 0 Å². The molecule has 2 aromatic rings. The summed E-state index contributed by atoms with van der Waals surface area (Å²) in [7, 11) is 4.52. The highest BCUT2D eigenvalue weighted by molar-refractivity contribution is 5.44. The summed E-state index contributed by atoms with van der Waals surface area (Å²) in [5.41, 5.74) is 0.591. The van der Waals surface area contributed by atoms with Gasteiger partial charge in [-0.05, 0) is 13.1 Å². The first-order valence-corrected chi connectivity index (χ1v) is 6.45. The van der Waals surface area contributed by atoms with Crippen LogP contribution in [-0.4, -0.2) is 21.3 Å². The molecule has 0 amide bonds. The number of ether oxygens (including phenoxy) is 2. The summed E-state index contributed by atoms with van der Waals surface area (Å²) >= 11 is 0. The quantitative estimate of drug-likeness (QED) is 0.917. The largest absolute Gasteiger partial charge is 0.497 e. The number of para-hydroxylation sites is 1. The van der Waals surface area contributed by atoms with Crippen LogP contribution < -0.4 is 14.8 Å². The normalized spacial score (nSPS) is 12.0. The van der Waals surface area contributed by atoms with E-state index in [9.17, 15) is 8.78 Å². The molecule has 5 heteroatoms. The summed E-state index contributed by atoms with van der Waals surface area (Å²) in [6.45, 7) is 0. The Labute approximate surface area is 122 Å². The second kappa shape index (κ2) is 6.54. The zero-order valence-corrected chi connectivity index (χ0v) is 12.1. The molecule has 0 aliphatic carbocycles. The van der Waals surface area contributed by atoms with Crippen molar-refractivity contribution in [3.05, 3.63) is 59.2 Å². The molecule has 112 valence electrons.